The predicted molar refractivity (Wildman–Crippen MR) is 126 cm³/mol. The number of pyridine rings is 1. The van der Waals surface area contributed by atoms with Crippen LogP contribution in [0.4, 0.5) is 0 Å². The maximum Gasteiger partial charge on any atom is 0.341 e. The quantitative estimate of drug-likeness (QED) is 0.418. The van der Waals surface area contributed by atoms with Gasteiger partial charge in [0.2, 0.25) is 12.2 Å². The number of para-hydroxylation sites is 1. The third-order valence-electron chi connectivity index (χ3n) is 5.36. The first-order valence-electron chi connectivity index (χ1n) is 11.4. The van der Waals surface area contributed by atoms with Gasteiger partial charge in [0.1, 0.15) is 18.8 Å². The fourth-order valence-corrected chi connectivity index (χ4v) is 4.04. The van der Waals surface area contributed by atoms with E-state index < -0.39 is 67.0 Å². The third-order valence-corrected chi connectivity index (χ3v) is 5.36. The average molecular weight is 517 g/mol. The summed E-state index contributed by atoms with van der Waals surface area (Å²) in [7, 11) is 0. The lowest BCUT2D eigenvalue weighted by atomic mass is 9.96. The molecule has 2 heterocycles. The molecule has 2 aromatic rings. The number of benzene rings is 1. The smallest absolute Gasteiger partial charge is 0.341 e. The predicted octanol–water partition coefficient (Wildman–Crippen LogP) is 1.36. The molecule has 1 aromatic heterocycles. The molecule has 1 aliphatic heterocycles. The Hall–Kier alpha value is -4.06. The van der Waals surface area contributed by atoms with Crippen molar-refractivity contribution in [3.05, 3.63) is 41.6 Å². The van der Waals surface area contributed by atoms with Gasteiger partial charge in [-0.2, -0.15) is 0 Å². The molecule has 1 saturated heterocycles. The maximum absolute atomic E-state index is 13.4. The van der Waals surface area contributed by atoms with E-state index in [4.69, 9.17) is 23.7 Å². The topological polar surface area (TPSA) is 156 Å². The third kappa shape index (κ3) is 7.00. The Morgan fingerprint density at radius 2 is 1.57 bits per heavy atom. The zero-order valence-corrected chi connectivity index (χ0v) is 21.0. The monoisotopic (exact) mass is 516 g/mol. The van der Waals surface area contributed by atoms with Crippen molar-refractivity contribution in [2.75, 3.05) is 6.61 Å². The first-order chi connectivity index (χ1) is 17.5. The van der Waals surface area contributed by atoms with Crippen LogP contribution >= 0.6 is 0 Å². The molecule has 1 N–H and O–H groups in total. The van der Waals surface area contributed by atoms with Gasteiger partial charge in [0, 0.05) is 38.8 Å². The fraction of sp³-hybridized carbons (Fsp3) is 0.440. The highest BCUT2D eigenvalue weighted by atomic mass is 16.7. The van der Waals surface area contributed by atoms with E-state index >= 15 is 0 Å². The Morgan fingerprint density at radius 3 is 2.19 bits per heavy atom. The minimum Gasteiger partial charge on any atom is -0.463 e. The fourth-order valence-electron chi connectivity index (χ4n) is 4.04. The van der Waals surface area contributed by atoms with Gasteiger partial charge in [0.05, 0.1) is 11.1 Å². The van der Waals surface area contributed by atoms with Crippen LogP contribution in [0, 0.1) is 6.92 Å². The Kier molecular flexibility index (Phi) is 8.77. The van der Waals surface area contributed by atoms with Gasteiger partial charge < -0.3 is 29.0 Å². The van der Waals surface area contributed by atoms with Crippen LogP contribution in [0.3, 0.4) is 0 Å². The number of aromatic nitrogens is 1. The molecule has 1 aliphatic rings. The van der Waals surface area contributed by atoms with Crippen molar-refractivity contribution in [2.45, 2.75) is 65.3 Å². The van der Waals surface area contributed by atoms with E-state index in [-0.39, 0.29) is 5.56 Å². The highest BCUT2D eigenvalue weighted by Crippen LogP contribution is 2.29. The molecule has 3 rings (SSSR count). The number of carbonyl (C=O) groups is 5. The molecule has 198 valence electrons. The van der Waals surface area contributed by atoms with Crippen LogP contribution in [-0.2, 0) is 42.9 Å². The standard InChI is InChI=1S/C25H28N2O10/c1-12-10-18(17-8-6-7-9-19(17)26-12)24(32)37-25-21(27-13(2)28)23(35-16(5)31)22(34-15(4)30)20(36-25)11-33-14(3)29/h6-10,20-23,25H,11H2,1-5H3,(H,27,28)/t20-,21+,22-,23-,25+/m1/s1. The maximum atomic E-state index is 13.4. The van der Waals surface area contributed by atoms with Crippen molar-refractivity contribution >= 4 is 40.7 Å². The van der Waals surface area contributed by atoms with Gasteiger partial charge in [-0.1, -0.05) is 18.2 Å². The zero-order valence-electron chi connectivity index (χ0n) is 21.0. The van der Waals surface area contributed by atoms with Crippen LogP contribution in [0.2, 0.25) is 0 Å². The highest BCUT2D eigenvalue weighted by molar-refractivity contribution is 6.03. The number of fused-ring (bicyclic) bond motifs is 1. The van der Waals surface area contributed by atoms with Gasteiger partial charge in [0.25, 0.3) is 0 Å². The number of nitrogens with one attached hydrogen (secondary N) is 1. The number of rotatable bonds is 7. The summed E-state index contributed by atoms with van der Waals surface area (Å²) in [5, 5.41) is 3.08. The second-order valence-electron chi connectivity index (χ2n) is 8.45. The molecule has 1 aromatic carbocycles. The number of hydrogen-bond acceptors (Lipinski definition) is 11. The van der Waals surface area contributed by atoms with Crippen LogP contribution in [0.5, 0.6) is 0 Å². The van der Waals surface area contributed by atoms with Crippen molar-refractivity contribution in [3.8, 4) is 0 Å². The van der Waals surface area contributed by atoms with Gasteiger partial charge in [-0.25, -0.2) is 4.79 Å². The first-order valence-corrected chi connectivity index (χ1v) is 11.4. The van der Waals surface area contributed by atoms with Crippen molar-refractivity contribution in [1.29, 1.82) is 0 Å². The van der Waals surface area contributed by atoms with Gasteiger partial charge in [-0.3, -0.25) is 24.2 Å². The summed E-state index contributed by atoms with van der Waals surface area (Å²) in [6.45, 7) is 5.93. The largest absolute Gasteiger partial charge is 0.463 e. The number of carbonyl (C=O) groups excluding carboxylic acids is 5. The highest BCUT2D eigenvalue weighted by Gasteiger charge is 2.52. The summed E-state index contributed by atoms with van der Waals surface area (Å²) in [5.74, 6) is -3.51. The molecule has 1 fully saturated rings. The van der Waals surface area contributed by atoms with Gasteiger partial charge in [-0.15, -0.1) is 0 Å². The molecule has 12 heteroatoms. The molecule has 5 atom stereocenters. The molecule has 0 radical (unpaired) electrons. The summed E-state index contributed by atoms with van der Waals surface area (Å²) in [4.78, 5) is 65.1. The van der Waals surface area contributed by atoms with Crippen LogP contribution in [0.15, 0.2) is 30.3 Å². The van der Waals surface area contributed by atoms with Crippen LogP contribution in [0.1, 0.15) is 43.7 Å². The van der Waals surface area contributed by atoms with Crippen LogP contribution in [-0.4, -0.2) is 72.0 Å². The SMILES string of the molecule is CC(=O)N[C@@H]1[C@H](OC(=O)c2cc(C)nc3ccccc23)O[C@H](COC(C)=O)[C@@H](OC(C)=O)[C@@H]1OC(C)=O. The van der Waals surface area contributed by atoms with E-state index in [1.165, 1.54) is 13.8 Å². The minimum atomic E-state index is -1.51. The molecule has 37 heavy (non-hydrogen) atoms. The summed E-state index contributed by atoms with van der Waals surface area (Å²) in [5.41, 5.74) is 1.32. The van der Waals surface area contributed by atoms with Gasteiger partial charge in [0.15, 0.2) is 12.2 Å². The van der Waals surface area contributed by atoms with Crippen LogP contribution in [0.25, 0.3) is 10.9 Å². The summed E-state index contributed by atoms with van der Waals surface area (Å²) in [6, 6.07) is 7.24. The number of aryl methyl sites for hydroxylation is 1. The number of amides is 1. The van der Waals surface area contributed by atoms with E-state index in [1.807, 2.05) is 0 Å². The van der Waals surface area contributed by atoms with Gasteiger partial charge >= 0.3 is 23.9 Å². The lowest BCUT2D eigenvalue weighted by molar-refractivity contribution is -0.263. The molecular formula is C25H28N2O10. The van der Waals surface area contributed by atoms with Crippen molar-refractivity contribution in [1.82, 2.24) is 10.3 Å². The second-order valence-corrected chi connectivity index (χ2v) is 8.45. The van der Waals surface area contributed by atoms with E-state index in [9.17, 15) is 24.0 Å². The lowest BCUT2D eigenvalue weighted by Gasteiger charge is -2.44. The Labute approximate surface area is 212 Å². The molecule has 12 nitrogen and oxygen atoms in total. The summed E-state index contributed by atoms with van der Waals surface area (Å²) in [6.07, 6.45) is -5.35. The Balaban J connectivity index is 2.02. The number of hydrogen-bond donors (Lipinski definition) is 1. The molecular weight excluding hydrogens is 488 g/mol. The zero-order chi connectivity index (χ0) is 27.3. The van der Waals surface area contributed by atoms with Crippen molar-refractivity contribution in [2.24, 2.45) is 0 Å². The molecule has 0 aliphatic carbocycles. The summed E-state index contributed by atoms with van der Waals surface area (Å²) >= 11 is 0. The average Bonchev–Trinajstić information content (AvgIpc) is 2.80. The normalized spacial score (nSPS) is 23.0. The molecule has 0 bridgehead atoms. The van der Waals surface area contributed by atoms with E-state index in [1.54, 1.807) is 37.3 Å². The lowest BCUT2D eigenvalue weighted by Crippen LogP contribution is -2.66. The van der Waals surface area contributed by atoms with Crippen LogP contribution < -0.4 is 5.32 Å². The van der Waals surface area contributed by atoms with Gasteiger partial charge in [-0.05, 0) is 19.1 Å². The number of esters is 4. The van der Waals surface area contributed by atoms with E-state index in [0.29, 0.717) is 16.6 Å². The van der Waals surface area contributed by atoms with Crippen molar-refractivity contribution < 1.29 is 47.7 Å². The molecule has 0 unspecified atom stereocenters. The molecule has 0 saturated carbocycles. The first kappa shape index (κ1) is 27.5. The second kappa shape index (κ2) is 11.8. The minimum absolute atomic E-state index is 0.191. The Morgan fingerprint density at radius 1 is 0.919 bits per heavy atom. The van der Waals surface area contributed by atoms with E-state index in [2.05, 4.69) is 10.3 Å². The summed E-state index contributed by atoms with van der Waals surface area (Å²) < 4.78 is 27.4. The van der Waals surface area contributed by atoms with E-state index in [0.717, 1.165) is 13.8 Å². The number of nitrogens with zero attached hydrogens (tertiary/aromatic N) is 1. The Bertz CT molecular complexity index is 1210. The van der Waals surface area contributed by atoms with Crippen molar-refractivity contribution in [3.63, 3.8) is 0 Å². The molecule has 0 spiro atoms. The number of ether oxygens (including phenoxy) is 5. The molecule has 1 amide bonds.